The molecule has 1 aromatic carbocycles. The molecule has 0 fully saturated rings. The van der Waals surface area contributed by atoms with E-state index in [0.29, 0.717) is 12.6 Å². The second-order valence-electron chi connectivity index (χ2n) is 4.37. The average Bonchev–Trinajstić information content (AvgIpc) is 2.42. The summed E-state index contributed by atoms with van der Waals surface area (Å²) in [5.41, 5.74) is 0.936. The van der Waals surface area contributed by atoms with Gasteiger partial charge in [-0.3, -0.25) is 0 Å². The first-order valence-corrected chi connectivity index (χ1v) is 6.16. The molecule has 0 aliphatic rings. The van der Waals surface area contributed by atoms with Crippen molar-refractivity contribution < 1.29 is 4.74 Å². The summed E-state index contributed by atoms with van der Waals surface area (Å²) in [6.45, 7) is 1.58. The average molecular weight is 258 g/mol. The van der Waals surface area contributed by atoms with Gasteiger partial charge in [0.15, 0.2) is 0 Å². The Bertz CT molecular complexity index is 485. The van der Waals surface area contributed by atoms with E-state index in [2.05, 4.69) is 20.2 Å². The number of hydrogen-bond donors (Lipinski definition) is 1. The van der Waals surface area contributed by atoms with E-state index in [1.807, 2.05) is 38.4 Å². The van der Waals surface area contributed by atoms with Crippen LogP contribution in [0.1, 0.15) is 0 Å². The number of likely N-dealkylation sites (N-methyl/N-ethyl adjacent to an activating group) is 1. The van der Waals surface area contributed by atoms with Crippen molar-refractivity contribution in [2.24, 2.45) is 0 Å². The van der Waals surface area contributed by atoms with Crippen LogP contribution < -0.4 is 10.1 Å². The van der Waals surface area contributed by atoms with Crippen molar-refractivity contribution >= 4 is 11.6 Å². The van der Waals surface area contributed by atoms with Gasteiger partial charge in [0.2, 0.25) is 5.95 Å². The van der Waals surface area contributed by atoms with Crippen LogP contribution in [0.5, 0.6) is 5.75 Å². The standard InChI is InChI=1S/C14H18N4O/c1-18(2)10-11-19-13-6-4-12(5-7-13)17-14-15-8-3-9-16-14/h3-9H,10-11H2,1-2H3,(H,15,16,17). The van der Waals surface area contributed by atoms with Crippen LogP contribution >= 0.6 is 0 Å². The smallest absolute Gasteiger partial charge is 0.227 e. The SMILES string of the molecule is CN(C)CCOc1ccc(Nc2ncccn2)cc1. The first kappa shape index (κ1) is 13.3. The van der Waals surface area contributed by atoms with Crippen LogP contribution in [0, 0.1) is 0 Å². The fourth-order valence-corrected chi connectivity index (χ4v) is 1.47. The number of anilines is 2. The summed E-state index contributed by atoms with van der Waals surface area (Å²) < 4.78 is 5.62. The van der Waals surface area contributed by atoms with Crippen LogP contribution in [0.25, 0.3) is 0 Å². The van der Waals surface area contributed by atoms with E-state index in [-0.39, 0.29) is 0 Å². The largest absolute Gasteiger partial charge is 0.492 e. The molecule has 0 spiro atoms. The van der Waals surface area contributed by atoms with Crippen molar-refractivity contribution in [2.75, 3.05) is 32.6 Å². The molecule has 0 atom stereocenters. The zero-order valence-electron chi connectivity index (χ0n) is 11.2. The van der Waals surface area contributed by atoms with Gasteiger partial charge in [0.05, 0.1) is 0 Å². The van der Waals surface area contributed by atoms with Crippen molar-refractivity contribution in [3.05, 3.63) is 42.7 Å². The van der Waals surface area contributed by atoms with Crippen LogP contribution in [0.2, 0.25) is 0 Å². The summed E-state index contributed by atoms with van der Waals surface area (Å²) in [6.07, 6.45) is 3.40. The number of ether oxygens (including phenoxy) is 1. The predicted octanol–water partition coefficient (Wildman–Crippen LogP) is 2.16. The van der Waals surface area contributed by atoms with Crippen molar-refractivity contribution in [3.8, 4) is 5.75 Å². The van der Waals surface area contributed by atoms with Gasteiger partial charge in [-0.25, -0.2) is 9.97 Å². The summed E-state index contributed by atoms with van der Waals surface area (Å²) >= 11 is 0. The minimum Gasteiger partial charge on any atom is -0.492 e. The second-order valence-corrected chi connectivity index (χ2v) is 4.37. The molecule has 0 aliphatic carbocycles. The van der Waals surface area contributed by atoms with Gasteiger partial charge < -0.3 is 15.0 Å². The minimum absolute atomic E-state index is 0.587. The molecule has 5 nitrogen and oxygen atoms in total. The molecule has 19 heavy (non-hydrogen) atoms. The number of nitrogens with one attached hydrogen (secondary N) is 1. The molecule has 100 valence electrons. The lowest BCUT2D eigenvalue weighted by molar-refractivity contribution is 0.261. The number of hydrogen-bond acceptors (Lipinski definition) is 5. The third-order valence-corrected chi connectivity index (χ3v) is 2.48. The lowest BCUT2D eigenvalue weighted by Crippen LogP contribution is -2.19. The first-order chi connectivity index (χ1) is 9.24. The Morgan fingerprint density at radius 2 is 1.79 bits per heavy atom. The maximum absolute atomic E-state index is 5.62. The first-order valence-electron chi connectivity index (χ1n) is 6.16. The number of nitrogens with zero attached hydrogens (tertiary/aromatic N) is 3. The van der Waals surface area contributed by atoms with Gasteiger partial charge in [-0.1, -0.05) is 0 Å². The molecular weight excluding hydrogens is 240 g/mol. The Balaban J connectivity index is 1.88. The molecule has 0 saturated carbocycles. The fourth-order valence-electron chi connectivity index (χ4n) is 1.47. The van der Waals surface area contributed by atoms with Crippen molar-refractivity contribution in [1.29, 1.82) is 0 Å². The number of benzene rings is 1. The Hall–Kier alpha value is -2.14. The molecule has 2 rings (SSSR count). The monoisotopic (exact) mass is 258 g/mol. The van der Waals surface area contributed by atoms with Crippen LogP contribution in [0.3, 0.4) is 0 Å². The van der Waals surface area contributed by atoms with Crippen molar-refractivity contribution in [1.82, 2.24) is 14.9 Å². The van der Waals surface area contributed by atoms with Crippen molar-refractivity contribution in [2.45, 2.75) is 0 Å². The van der Waals surface area contributed by atoms with Gasteiger partial charge in [-0.05, 0) is 44.4 Å². The molecule has 1 N–H and O–H groups in total. The summed E-state index contributed by atoms with van der Waals surface area (Å²) in [5.74, 6) is 1.45. The topological polar surface area (TPSA) is 50.3 Å². The Morgan fingerprint density at radius 1 is 1.11 bits per heavy atom. The molecule has 1 aromatic heterocycles. The highest BCUT2D eigenvalue weighted by Crippen LogP contribution is 2.17. The summed E-state index contributed by atoms with van der Waals surface area (Å²) in [6, 6.07) is 9.54. The molecule has 5 heteroatoms. The van der Waals surface area contributed by atoms with E-state index in [9.17, 15) is 0 Å². The molecule has 0 aliphatic heterocycles. The molecule has 0 saturated heterocycles. The van der Waals surface area contributed by atoms with E-state index < -0.39 is 0 Å². The summed E-state index contributed by atoms with van der Waals surface area (Å²) in [5, 5.41) is 3.12. The van der Waals surface area contributed by atoms with E-state index >= 15 is 0 Å². The van der Waals surface area contributed by atoms with E-state index in [0.717, 1.165) is 18.0 Å². The maximum atomic E-state index is 5.62. The van der Waals surface area contributed by atoms with Gasteiger partial charge in [0.1, 0.15) is 12.4 Å². The second kappa shape index (κ2) is 6.70. The van der Waals surface area contributed by atoms with Gasteiger partial charge in [0.25, 0.3) is 0 Å². The highest BCUT2D eigenvalue weighted by molar-refractivity contribution is 5.54. The zero-order valence-corrected chi connectivity index (χ0v) is 11.2. The summed E-state index contributed by atoms with van der Waals surface area (Å²) in [4.78, 5) is 10.3. The highest BCUT2D eigenvalue weighted by Gasteiger charge is 1.98. The highest BCUT2D eigenvalue weighted by atomic mass is 16.5. The van der Waals surface area contributed by atoms with Gasteiger partial charge in [-0.2, -0.15) is 0 Å². The third-order valence-electron chi connectivity index (χ3n) is 2.48. The van der Waals surface area contributed by atoms with Gasteiger partial charge >= 0.3 is 0 Å². The van der Waals surface area contributed by atoms with Gasteiger partial charge in [-0.15, -0.1) is 0 Å². The molecule has 2 aromatic rings. The summed E-state index contributed by atoms with van der Waals surface area (Å²) in [7, 11) is 4.05. The van der Waals surface area contributed by atoms with Crippen molar-refractivity contribution in [3.63, 3.8) is 0 Å². The fraction of sp³-hybridized carbons (Fsp3) is 0.286. The van der Waals surface area contributed by atoms with Crippen LogP contribution in [0.4, 0.5) is 11.6 Å². The Kier molecular flexibility index (Phi) is 4.69. The molecule has 1 heterocycles. The van der Waals surface area contributed by atoms with Crippen LogP contribution in [-0.2, 0) is 0 Å². The Labute approximate surface area is 113 Å². The molecule has 0 amide bonds. The van der Waals surface area contributed by atoms with Gasteiger partial charge in [0, 0.05) is 24.6 Å². The van der Waals surface area contributed by atoms with E-state index in [1.165, 1.54) is 0 Å². The molecule has 0 radical (unpaired) electrons. The Morgan fingerprint density at radius 3 is 2.42 bits per heavy atom. The maximum Gasteiger partial charge on any atom is 0.227 e. The van der Waals surface area contributed by atoms with Crippen LogP contribution in [-0.4, -0.2) is 42.1 Å². The minimum atomic E-state index is 0.587. The van der Waals surface area contributed by atoms with E-state index in [4.69, 9.17) is 4.74 Å². The third kappa shape index (κ3) is 4.56. The number of aromatic nitrogens is 2. The predicted molar refractivity (Wildman–Crippen MR) is 75.8 cm³/mol. The molecular formula is C14H18N4O. The van der Waals surface area contributed by atoms with Crippen LogP contribution in [0.15, 0.2) is 42.7 Å². The lowest BCUT2D eigenvalue weighted by Gasteiger charge is -2.11. The van der Waals surface area contributed by atoms with E-state index in [1.54, 1.807) is 18.5 Å². The molecule has 0 unspecified atom stereocenters. The molecule has 0 bridgehead atoms. The lowest BCUT2D eigenvalue weighted by atomic mass is 10.3. The quantitative estimate of drug-likeness (QED) is 0.860. The normalized spacial score (nSPS) is 10.5. The zero-order chi connectivity index (χ0) is 13.5. The number of rotatable bonds is 6.